The van der Waals surface area contributed by atoms with E-state index in [-0.39, 0.29) is 11.5 Å². The first-order valence-electron chi connectivity index (χ1n) is 12.5. The van der Waals surface area contributed by atoms with Gasteiger partial charge >= 0.3 is 0 Å². The summed E-state index contributed by atoms with van der Waals surface area (Å²) in [6.07, 6.45) is 7.87. The fourth-order valence-electron chi connectivity index (χ4n) is 5.05. The van der Waals surface area contributed by atoms with Crippen molar-refractivity contribution >= 4 is 78.2 Å². The van der Waals surface area contributed by atoms with Crippen LogP contribution in [-0.2, 0) is 0 Å². The van der Waals surface area contributed by atoms with Crippen LogP contribution in [0.15, 0.2) is 81.7 Å². The second-order valence-electron chi connectivity index (χ2n) is 9.53. The van der Waals surface area contributed by atoms with Gasteiger partial charge in [-0.3, -0.25) is 0 Å². The summed E-state index contributed by atoms with van der Waals surface area (Å²) in [5.41, 5.74) is 9.97. The number of aromatic nitrogens is 4. The summed E-state index contributed by atoms with van der Waals surface area (Å²) in [7, 11) is 0. The average molecular weight is 652 g/mol. The number of benzene rings is 2. The molecule has 0 radical (unpaired) electrons. The Hall–Kier alpha value is -4.40. The SMILES string of the molecule is Oc1ccc(Br)c(-c2c3nc(cc4ccc([nH]4)c(-c4cc(O)ccc4Br)c4ccc(cc5nc2C=C5)[nH]4)C=C3)c1. The van der Waals surface area contributed by atoms with Gasteiger partial charge in [0.25, 0.3) is 0 Å². The number of nitrogens with zero attached hydrogens (tertiary/aromatic N) is 2. The van der Waals surface area contributed by atoms with E-state index in [2.05, 4.69) is 41.8 Å². The molecule has 2 aliphatic rings. The van der Waals surface area contributed by atoms with Crippen molar-refractivity contribution in [3.63, 3.8) is 0 Å². The van der Waals surface area contributed by atoms with Gasteiger partial charge in [-0.15, -0.1) is 0 Å². The van der Waals surface area contributed by atoms with Crippen LogP contribution in [0.3, 0.4) is 0 Å². The monoisotopic (exact) mass is 650 g/mol. The van der Waals surface area contributed by atoms with Gasteiger partial charge in [0.2, 0.25) is 0 Å². The van der Waals surface area contributed by atoms with Crippen molar-refractivity contribution in [2.75, 3.05) is 0 Å². The lowest BCUT2D eigenvalue weighted by Gasteiger charge is -2.08. The summed E-state index contributed by atoms with van der Waals surface area (Å²) in [4.78, 5) is 16.9. The molecule has 7 rings (SSSR count). The maximum absolute atomic E-state index is 10.3. The number of aromatic amines is 2. The van der Waals surface area contributed by atoms with Crippen molar-refractivity contribution in [2.45, 2.75) is 0 Å². The summed E-state index contributed by atoms with van der Waals surface area (Å²) in [6.45, 7) is 0. The molecular formula is C32H20Br2N4O2. The summed E-state index contributed by atoms with van der Waals surface area (Å²) in [5.74, 6) is 0.347. The number of phenols is 2. The zero-order valence-corrected chi connectivity index (χ0v) is 24.0. The molecule has 0 aliphatic carbocycles. The fraction of sp³-hybridized carbons (Fsp3) is 0. The Morgan fingerprint density at radius 3 is 1.50 bits per heavy atom. The van der Waals surface area contributed by atoms with E-state index in [1.165, 1.54) is 0 Å². The number of nitrogens with one attached hydrogen (secondary N) is 2. The van der Waals surface area contributed by atoms with Crippen LogP contribution in [0.1, 0.15) is 22.8 Å². The van der Waals surface area contributed by atoms with Gasteiger partial charge in [0.1, 0.15) is 11.5 Å². The second kappa shape index (κ2) is 9.66. The van der Waals surface area contributed by atoms with Crippen molar-refractivity contribution in [1.29, 1.82) is 0 Å². The molecule has 8 heteroatoms. The lowest BCUT2D eigenvalue weighted by molar-refractivity contribution is 0.475. The number of aromatic hydroxyl groups is 2. The highest BCUT2D eigenvalue weighted by atomic mass is 79.9. The molecule has 8 bridgehead atoms. The molecular weight excluding hydrogens is 632 g/mol. The third-order valence-corrected chi connectivity index (χ3v) is 8.22. The van der Waals surface area contributed by atoms with Crippen LogP contribution in [-0.4, -0.2) is 30.1 Å². The Balaban J connectivity index is 1.59. The van der Waals surface area contributed by atoms with Gasteiger partial charge in [0.05, 0.1) is 22.8 Å². The number of rotatable bonds is 2. The highest BCUT2D eigenvalue weighted by molar-refractivity contribution is 9.11. The van der Waals surface area contributed by atoms with Gasteiger partial charge in [0.15, 0.2) is 0 Å². The lowest BCUT2D eigenvalue weighted by Crippen LogP contribution is -1.90. The third-order valence-electron chi connectivity index (χ3n) is 6.84. The molecule has 0 saturated carbocycles. The van der Waals surface area contributed by atoms with Gasteiger partial charge in [-0.2, -0.15) is 0 Å². The molecule has 5 heterocycles. The molecule has 0 fully saturated rings. The Morgan fingerprint density at radius 2 is 1.00 bits per heavy atom. The number of hydrogen-bond donors (Lipinski definition) is 4. The molecule has 4 N–H and O–H groups in total. The fourth-order valence-corrected chi connectivity index (χ4v) is 5.94. The summed E-state index contributed by atoms with van der Waals surface area (Å²) in [5, 5.41) is 20.6. The van der Waals surface area contributed by atoms with Crippen molar-refractivity contribution in [3.8, 4) is 33.8 Å². The van der Waals surface area contributed by atoms with Gasteiger partial charge in [-0.05, 0) is 97.1 Å². The zero-order chi connectivity index (χ0) is 27.4. The number of hydrogen-bond acceptors (Lipinski definition) is 4. The van der Waals surface area contributed by atoms with E-state index in [4.69, 9.17) is 9.97 Å². The Morgan fingerprint density at radius 1 is 0.525 bits per heavy atom. The van der Waals surface area contributed by atoms with E-state index in [1.54, 1.807) is 24.3 Å². The minimum atomic E-state index is 0.165. The predicted molar refractivity (Wildman–Crippen MR) is 168 cm³/mol. The van der Waals surface area contributed by atoms with Crippen LogP contribution in [0.5, 0.6) is 11.5 Å². The summed E-state index contributed by atoms with van der Waals surface area (Å²) >= 11 is 7.32. The number of fused-ring (bicyclic) bond motifs is 8. The number of halogens is 2. The molecule has 194 valence electrons. The topological polar surface area (TPSA) is 97.8 Å². The standard InChI is InChI=1S/C32H20Br2N4O2/c33-25-7-5-21(39)15-23(25)31-27-9-1-17(35-27)13-18-2-10-29(36-18)32(24-16-22(40)6-8-26(24)34)30-12-4-20(38-30)14-19-3-11-28(31)37-19/h1-16,35,37,39-40H. The van der Waals surface area contributed by atoms with E-state index < -0.39 is 0 Å². The van der Waals surface area contributed by atoms with E-state index >= 15 is 0 Å². The Labute approximate surface area is 245 Å². The molecule has 3 aromatic heterocycles. The number of phenolic OH excluding ortho intramolecular Hbond substituents is 2. The highest BCUT2D eigenvalue weighted by Gasteiger charge is 2.17. The first-order chi connectivity index (χ1) is 19.4. The van der Waals surface area contributed by atoms with Crippen molar-refractivity contribution in [2.24, 2.45) is 0 Å². The minimum absolute atomic E-state index is 0.165. The van der Waals surface area contributed by atoms with Crippen molar-refractivity contribution < 1.29 is 10.2 Å². The zero-order valence-electron chi connectivity index (χ0n) is 20.8. The van der Waals surface area contributed by atoms with Crippen LogP contribution in [0.25, 0.3) is 68.6 Å². The minimum Gasteiger partial charge on any atom is -0.508 e. The van der Waals surface area contributed by atoms with E-state index in [9.17, 15) is 10.2 Å². The first-order valence-corrected chi connectivity index (χ1v) is 14.1. The van der Waals surface area contributed by atoms with Crippen LogP contribution in [0, 0.1) is 0 Å². The molecule has 0 unspecified atom stereocenters. The third kappa shape index (κ3) is 4.45. The molecule has 0 saturated heterocycles. The predicted octanol–water partition coefficient (Wildman–Crippen LogP) is 8.93. The van der Waals surface area contributed by atoms with Crippen LogP contribution in [0.2, 0.25) is 0 Å². The van der Waals surface area contributed by atoms with Crippen LogP contribution < -0.4 is 0 Å². The quantitative estimate of drug-likeness (QED) is 0.150. The molecule has 2 aromatic carbocycles. The Bertz CT molecular complexity index is 1980. The number of H-pyrrole nitrogens is 2. The van der Waals surface area contributed by atoms with Crippen molar-refractivity contribution in [3.05, 3.63) is 105 Å². The smallest absolute Gasteiger partial charge is 0.116 e. The average Bonchev–Trinajstić information content (AvgIpc) is 3.74. The maximum Gasteiger partial charge on any atom is 0.116 e. The summed E-state index contributed by atoms with van der Waals surface area (Å²) < 4.78 is 1.70. The first kappa shape index (κ1) is 24.6. The summed E-state index contributed by atoms with van der Waals surface area (Å²) in [6, 6.07) is 22.5. The maximum atomic E-state index is 10.3. The van der Waals surface area contributed by atoms with Gasteiger partial charge in [-0.25, -0.2) is 9.97 Å². The molecule has 6 nitrogen and oxygen atoms in total. The normalized spacial score (nSPS) is 12.2. The molecule has 40 heavy (non-hydrogen) atoms. The van der Waals surface area contributed by atoms with E-state index in [0.29, 0.717) is 0 Å². The Kier molecular flexibility index (Phi) is 5.95. The van der Waals surface area contributed by atoms with E-state index in [0.717, 1.165) is 76.0 Å². The van der Waals surface area contributed by atoms with Gasteiger partial charge < -0.3 is 20.2 Å². The molecule has 0 atom stereocenters. The second-order valence-corrected chi connectivity index (χ2v) is 11.2. The van der Waals surface area contributed by atoms with Crippen molar-refractivity contribution in [1.82, 2.24) is 19.9 Å². The van der Waals surface area contributed by atoms with Crippen LogP contribution >= 0.6 is 31.9 Å². The molecule has 5 aromatic rings. The highest BCUT2D eigenvalue weighted by Crippen LogP contribution is 2.38. The van der Waals surface area contributed by atoms with Crippen LogP contribution in [0.4, 0.5) is 0 Å². The van der Waals surface area contributed by atoms with E-state index in [1.807, 2.05) is 72.8 Å². The largest absolute Gasteiger partial charge is 0.508 e. The van der Waals surface area contributed by atoms with Gasteiger partial charge in [-0.1, -0.05) is 31.9 Å². The molecule has 0 spiro atoms. The molecule has 2 aliphatic heterocycles. The van der Waals surface area contributed by atoms with Gasteiger partial charge in [0, 0.05) is 53.3 Å². The molecule has 0 amide bonds. The lowest BCUT2D eigenvalue weighted by atomic mass is 10.0.